The summed E-state index contributed by atoms with van der Waals surface area (Å²) in [6.07, 6.45) is 3.44. The van der Waals surface area contributed by atoms with Crippen LogP contribution in [0.25, 0.3) is 11.1 Å². The molecule has 0 bridgehead atoms. The van der Waals surface area contributed by atoms with Gasteiger partial charge in [0.05, 0.1) is 5.41 Å². The molecule has 5 rings (SSSR count). The Morgan fingerprint density at radius 2 is 1.69 bits per heavy atom. The molecule has 1 fully saturated rings. The zero-order chi connectivity index (χ0) is 24.4. The first-order chi connectivity index (χ1) is 16.9. The Labute approximate surface area is 208 Å². The first-order valence-electron chi connectivity index (χ1n) is 12.8. The van der Waals surface area contributed by atoms with Crippen molar-refractivity contribution in [2.24, 2.45) is 5.92 Å². The van der Waals surface area contributed by atoms with Crippen molar-refractivity contribution in [1.82, 2.24) is 5.32 Å². The number of ether oxygens (including phenoxy) is 2. The highest BCUT2D eigenvalue weighted by atomic mass is 16.7. The van der Waals surface area contributed by atoms with Crippen LogP contribution in [0.15, 0.2) is 60.7 Å². The normalized spacial score (nSPS) is 15.4. The molecule has 1 saturated carbocycles. The maximum absolute atomic E-state index is 13.5. The summed E-state index contributed by atoms with van der Waals surface area (Å²) in [4.78, 5) is 13.5. The molecule has 0 unspecified atom stereocenters. The van der Waals surface area contributed by atoms with Gasteiger partial charge in [-0.15, -0.1) is 0 Å². The molecule has 2 aliphatic rings. The van der Waals surface area contributed by atoms with E-state index < -0.39 is 0 Å². The van der Waals surface area contributed by atoms with Gasteiger partial charge in [-0.1, -0.05) is 62.4 Å². The summed E-state index contributed by atoms with van der Waals surface area (Å²) in [5.41, 5.74) is 6.65. The first kappa shape index (κ1) is 23.6. The smallest absolute Gasteiger partial charge is 0.231 e. The third-order valence-corrected chi connectivity index (χ3v) is 7.37. The van der Waals surface area contributed by atoms with Crippen molar-refractivity contribution in [3.8, 4) is 22.6 Å². The molecule has 0 amide bonds. The highest BCUT2D eigenvalue weighted by molar-refractivity contribution is 5.95. The molecular formula is C31H35NO3. The van der Waals surface area contributed by atoms with Crippen molar-refractivity contribution in [3.63, 3.8) is 0 Å². The van der Waals surface area contributed by atoms with Crippen molar-refractivity contribution in [2.75, 3.05) is 13.3 Å². The Kier molecular flexibility index (Phi) is 6.66. The second kappa shape index (κ2) is 9.87. The standard InChI is InChI=1S/C31H35NO3/c1-21(2)12-15-32-19-23-6-8-25(9-7-23)27-16-24(5-4-22(27)3)17-30(33)31(13-14-31)26-10-11-28-29(18-26)35-20-34-28/h4-11,16,18,21,32H,12-15,17,19-20H2,1-3H3. The summed E-state index contributed by atoms with van der Waals surface area (Å²) in [6.45, 7) is 8.83. The molecule has 4 heteroatoms. The molecule has 35 heavy (non-hydrogen) atoms. The van der Waals surface area contributed by atoms with Crippen LogP contribution >= 0.6 is 0 Å². The molecule has 1 N–H and O–H groups in total. The summed E-state index contributed by atoms with van der Waals surface area (Å²) in [5.74, 6) is 2.52. The van der Waals surface area contributed by atoms with E-state index in [2.05, 4.69) is 68.6 Å². The van der Waals surface area contributed by atoms with Gasteiger partial charge in [0.25, 0.3) is 0 Å². The molecule has 0 spiro atoms. The van der Waals surface area contributed by atoms with Crippen LogP contribution in [0.2, 0.25) is 0 Å². The van der Waals surface area contributed by atoms with Gasteiger partial charge in [0, 0.05) is 13.0 Å². The van der Waals surface area contributed by atoms with Gasteiger partial charge in [0.2, 0.25) is 6.79 Å². The molecule has 0 radical (unpaired) electrons. The Hall–Kier alpha value is -3.11. The molecule has 3 aromatic carbocycles. The number of nitrogens with one attached hydrogen (secondary N) is 1. The van der Waals surface area contributed by atoms with Crippen LogP contribution < -0.4 is 14.8 Å². The van der Waals surface area contributed by atoms with E-state index in [0.29, 0.717) is 6.42 Å². The minimum absolute atomic E-state index is 0.251. The second-order valence-electron chi connectivity index (χ2n) is 10.5. The van der Waals surface area contributed by atoms with Crippen LogP contribution in [0.3, 0.4) is 0 Å². The lowest BCUT2D eigenvalue weighted by Crippen LogP contribution is -2.22. The van der Waals surface area contributed by atoms with Crippen molar-refractivity contribution in [2.45, 2.75) is 58.4 Å². The van der Waals surface area contributed by atoms with Crippen molar-refractivity contribution in [1.29, 1.82) is 0 Å². The number of hydrogen-bond acceptors (Lipinski definition) is 4. The maximum atomic E-state index is 13.5. The predicted octanol–water partition coefficient (Wildman–Crippen LogP) is 6.37. The summed E-state index contributed by atoms with van der Waals surface area (Å²) in [5, 5.41) is 3.53. The number of hydrogen-bond donors (Lipinski definition) is 1. The van der Waals surface area contributed by atoms with Gasteiger partial charge < -0.3 is 14.8 Å². The van der Waals surface area contributed by atoms with E-state index in [0.717, 1.165) is 54.5 Å². The third-order valence-electron chi connectivity index (χ3n) is 7.37. The van der Waals surface area contributed by atoms with E-state index in [1.807, 2.05) is 18.2 Å². The monoisotopic (exact) mass is 469 g/mol. The van der Waals surface area contributed by atoms with Crippen molar-refractivity contribution in [3.05, 3.63) is 82.9 Å². The highest BCUT2D eigenvalue weighted by Gasteiger charge is 2.50. The molecule has 1 aliphatic carbocycles. The average molecular weight is 470 g/mol. The van der Waals surface area contributed by atoms with E-state index in [1.54, 1.807) is 0 Å². The fourth-order valence-electron chi connectivity index (χ4n) is 4.92. The third kappa shape index (κ3) is 5.13. The van der Waals surface area contributed by atoms with Crippen LogP contribution in [0.5, 0.6) is 11.5 Å². The van der Waals surface area contributed by atoms with Crippen molar-refractivity contribution < 1.29 is 14.3 Å². The first-order valence-corrected chi connectivity index (χ1v) is 12.8. The Morgan fingerprint density at radius 1 is 0.943 bits per heavy atom. The lowest BCUT2D eigenvalue weighted by molar-refractivity contribution is -0.120. The molecule has 0 saturated heterocycles. The largest absolute Gasteiger partial charge is 0.454 e. The summed E-state index contributed by atoms with van der Waals surface area (Å²) in [6, 6.07) is 21.2. The van der Waals surface area contributed by atoms with E-state index in [-0.39, 0.29) is 18.0 Å². The number of benzene rings is 3. The number of carbonyl (C=O) groups is 1. The molecule has 3 aromatic rings. The van der Waals surface area contributed by atoms with Gasteiger partial charge in [-0.05, 0) is 84.2 Å². The minimum atomic E-state index is -0.379. The molecule has 4 nitrogen and oxygen atoms in total. The number of Topliss-reactive ketones (excluding diaryl/α,β-unsaturated/α-hetero) is 1. The van der Waals surface area contributed by atoms with Crippen LogP contribution in [0.4, 0.5) is 0 Å². The molecule has 0 aromatic heterocycles. The van der Waals surface area contributed by atoms with Crippen LogP contribution in [0, 0.1) is 12.8 Å². The SMILES string of the molecule is Cc1ccc(CC(=O)C2(c3ccc4c(c3)OCO4)CC2)cc1-c1ccc(CNCCC(C)C)cc1. The molecular weight excluding hydrogens is 434 g/mol. The summed E-state index contributed by atoms with van der Waals surface area (Å²) < 4.78 is 11.0. The number of rotatable bonds is 10. The van der Waals surface area contributed by atoms with Crippen LogP contribution in [0.1, 0.15) is 55.4 Å². The highest BCUT2D eigenvalue weighted by Crippen LogP contribution is 2.51. The Morgan fingerprint density at radius 3 is 2.43 bits per heavy atom. The van der Waals surface area contributed by atoms with Crippen LogP contribution in [-0.4, -0.2) is 19.1 Å². The van der Waals surface area contributed by atoms with Gasteiger partial charge in [0.1, 0.15) is 5.78 Å². The van der Waals surface area contributed by atoms with E-state index in [4.69, 9.17) is 9.47 Å². The minimum Gasteiger partial charge on any atom is -0.454 e. The number of fused-ring (bicyclic) bond motifs is 1. The summed E-state index contributed by atoms with van der Waals surface area (Å²) in [7, 11) is 0. The van der Waals surface area contributed by atoms with Crippen molar-refractivity contribution >= 4 is 5.78 Å². The number of aryl methyl sites for hydroxylation is 1. The zero-order valence-electron chi connectivity index (χ0n) is 21.0. The van der Waals surface area contributed by atoms with Gasteiger partial charge in [-0.25, -0.2) is 0 Å². The van der Waals surface area contributed by atoms with Gasteiger partial charge >= 0.3 is 0 Å². The Bertz CT molecular complexity index is 1210. The lowest BCUT2D eigenvalue weighted by Gasteiger charge is -2.16. The Balaban J connectivity index is 1.28. The molecule has 1 aliphatic heterocycles. The van der Waals surface area contributed by atoms with E-state index in [9.17, 15) is 4.79 Å². The fraction of sp³-hybridized carbons (Fsp3) is 0.387. The second-order valence-corrected chi connectivity index (χ2v) is 10.5. The average Bonchev–Trinajstić information content (AvgIpc) is 3.54. The van der Waals surface area contributed by atoms with E-state index >= 15 is 0 Å². The predicted molar refractivity (Wildman–Crippen MR) is 140 cm³/mol. The fourth-order valence-corrected chi connectivity index (χ4v) is 4.92. The zero-order valence-corrected chi connectivity index (χ0v) is 21.0. The lowest BCUT2D eigenvalue weighted by atomic mass is 9.87. The van der Waals surface area contributed by atoms with Gasteiger partial charge in [0.15, 0.2) is 11.5 Å². The summed E-state index contributed by atoms with van der Waals surface area (Å²) >= 11 is 0. The molecule has 182 valence electrons. The maximum Gasteiger partial charge on any atom is 0.231 e. The molecule has 1 heterocycles. The molecule has 0 atom stereocenters. The quantitative estimate of drug-likeness (QED) is 0.351. The topological polar surface area (TPSA) is 47.6 Å². The number of ketones is 1. The van der Waals surface area contributed by atoms with Crippen LogP contribution in [-0.2, 0) is 23.2 Å². The number of carbonyl (C=O) groups excluding carboxylic acids is 1. The van der Waals surface area contributed by atoms with E-state index in [1.165, 1.54) is 28.7 Å². The van der Waals surface area contributed by atoms with Gasteiger partial charge in [-0.3, -0.25) is 4.79 Å². The van der Waals surface area contributed by atoms with Gasteiger partial charge in [-0.2, -0.15) is 0 Å².